The smallest absolute Gasteiger partial charge is 0.358 e. The molecule has 9 heteroatoms. The summed E-state index contributed by atoms with van der Waals surface area (Å²) in [5, 5.41) is 10.3. The standard InChI is InChI=1S/C7H8IN3O4S/c8-3-4-10-16(14,15)6-1-2-7(9-5-6)11(12)13/h1-2,5,10H,3-4H2. The first-order valence-corrected chi connectivity index (χ1v) is 7.14. The molecule has 0 atom stereocenters. The first-order valence-electron chi connectivity index (χ1n) is 4.13. The van der Waals surface area contributed by atoms with Gasteiger partial charge in [0.25, 0.3) is 0 Å². The Hall–Kier alpha value is -0.810. The lowest BCUT2D eigenvalue weighted by atomic mass is 10.5. The average Bonchev–Trinajstić information content (AvgIpc) is 2.26. The van der Waals surface area contributed by atoms with Crippen molar-refractivity contribution in [2.24, 2.45) is 0 Å². The molecule has 0 aromatic carbocycles. The van der Waals surface area contributed by atoms with Crippen LogP contribution in [0.25, 0.3) is 0 Å². The van der Waals surface area contributed by atoms with E-state index < -0.39 is 14.9 Å². The fourth-order valence-electron chi connectivity index (χ4n) is 0.896. The second kappa shape index (κ2) is 5.50. The summed E-state index contributed by atoms with van der Waals surface area (Å²) in [6, 6.07) is 2.21. The van der Waals surface area contributed by atoms with Gasteiger partial charge in [0.05, 0.1) is 0 Å². The number of rotatable bonds is 5. The highest BCUT2D eigenvalue weighted by molar-refractivity contribution is 14.1. The number of nitro groups is 1. The van der Waals surface area contributed by atoms with Crippen LogP contribution in [-0.4, -0.2) is 29.3 Å². The molecule has 0 aliphatic heterocycles. The summed E-state index contributed by atoms with van der Waals surface area (Å²) in [5.74, 6) is -0.382. The number of halogens is 1. The zero-order valence-electron chi connectivity index (χ0n) is 7.96. The van der Waals surface area contributed by atoms with Gasteiger partial charge in [-0.3, -0.25) is 0 Å². The van der Waals surface area contributed by atoms with Gasteiger partial charge in [-0.2, -0.15) is 0 Å². The Kier molecular flexibility index (Phi) is 4.56. The quantitative estimate of drug-likeness (QED) is 0.362. The van der Waals surface area contributed by atoms with Gasteiger partial charge in [0.2, 0.25) is 10.0 Å². The maximum absolute atomic E-state index is 11.5. The molecule has 0 spiro atoms. The number of nitrogens with zero attached hydrogens (tertiary/aromatic N) is 2. The molecule has 0 aliphatic carbocycles. The van der Waals surface area contributed by atoms with Gasteiger partial charge in [-0.15, -0.1) is 0 Å². The monoisotopic (exact) mass is 357 g/mol. The van der Waals surface area contributed by atoms with Crippen LogP contribution >= 0.6 is 22.6 Å². The highest BCUT2D eigenvalue weighted by atomic mass is 127. The number of hydrogen-bond acceptors (Lipinski definition) is 5. The summed E-state index contributed by atoms with van der Waals surface area (Å²) in [6.45, 7) is 0.305. The lowest BCUT2D eigenvalue weighted by Gasteiger charge is -2.02. The van der Waals surface area contributed by atoms with E-state index in [1.54, 1.807) is 0 Å². The molecule has 1 N–H and O–H groups in total. The second-order valence-electron chi connectivity index (χ2n) is 2.70. The zero-order valence-corrected chi connectivity index (χ0v) is 10.9. The van der Waals surface area contributed by atoms with Crippen LogP contribution in [0.1, 0.15) is 0 Å². The molecule has 0 radical (unpaired) electrons. The van der Waals surface area contributed by atoms with Crippen molar-refractivity contribution >= 4 is 38.4 Å². The highest BCUT2D eigenvalue weighted by Crippen LogP contribution is 2.11. The number of nitrogens with one attached hydrogen (secondary N) is 1. The van der Waals surface area contributed by atoms with Gasteiger partial charge in [-0.25, -0.2) is 13.1 Å². The van der Waals surface area contributed by atoms with E-state index >= 15 is 0 Å². The van der Waals surface area contributed by atoms with E-state index in [-0.39, 0.29) is 10.7 Å². The predicted octanol–water partition coefficient (Wildman–Crippen LogP) is 0.703. The van der Waals surface area contributed by atoms with Crippen molar-refractivity contribution in [3.8, 4) is 0 Å². The van der Waals surface area contributed by atoms with Crippen LogP contribution in [0.3, 0.4) is 0 Å². The van der Waals surface area contributed by atoms with E-state index in [0.717, 1.165) is 18.3 Å². The number of alkyl halides is 1. The normalized spacial score (nSPS) is 11.3. The Bertz CT molecular complexity index is 473. The molecule has 7 nitrogen and oxygen atoms in total. The Morgan fingerprint density at radius 1 is 1.50 bits per heavy atom. The molecule has 0 saturated heterocycles. The summed E-state index contributed by atoms with van der Waals surface area (Å²) in [5.41, 5.74) is 0. The highest BCUT2D eigenvalue weighted by Gasteiger charge is 2.17. The van der Waals surface area contributed by atoms with Crippen LogP contribution < -0.4 is 4.72 Å². The van der Waals surface area contributed by atoms with Crippen molar-refractivity contribution in [2.45, 2.75) is 4.90 Å². The fraction of sp³-hybridized carbons (Fsp3) is 0.286. The molecule has 0 saturated carbocycles. The minimum atomic E-state index is -3.60. The largest absolute Gasteiger partial charge is 0.363 e. The molecule has 1 rings (SSSR count). The van der Waals surface area contributed by atoms with Crippen LogP contribution in [0, 0.1) is 10.1 Å². The third-order valence-electron chi connectivity index (χ3n) is 1.60. The third-order valence-corrected chi connectivity index (χ3v) is 3.59. The van der Waals surface area contributed by atoms with Crippen molar-refractivity contribution in [1.29, 1.82) is 0 Å². The summed E-state index contributed by atoms with van der Waals surface area (Å²) in [4.78, 5) is 13.0. The van der Waals surface area contributed by atoms with Gasteiger partial charge < -0.3 is 10.1 Å². The Labute approximate surface area is 106 Å². The van der Waals surface area contributed by atoms with Crippen LogP contribution in [0.2, 0.25) is 0 Å². The lowest BCUT2D eigenvalue weighted by Crippen LogP contribution is -2.25. The lowest BCUT2D eigenvalue weighted by molar-refractivity contribution is -0.389. The van der Waals surface area contributed by atoms with Crippen molar-refractivity contribution in [3.63, 3.8) is 0 Å². The number of sulfonamides is 1. The summed E-state index contributed by atoms with van der Waals surface area (Å²) in [7, 11) is -3.60. The number of aromatic nitrogens is 1. The van der Waals surface area contributed by atoms with Crippen LogP contribution in [0.15, 0.2) is 23.2 Å². The molecule has 0 fully saturated rings. The predicted molar refractivity (Wildman–Crippen MR) is 65.0 cm³/mol. The second-order valence-corrected chi connectivity index (χ2v) is 5.54. The van der Waals surface area contributed by atoms with Crippen molar-refractivity contribution in [1.82, 2.24) is 9.71 Å². The van der Waals surface area contributed by atoms with E-state index in [4.69, 9.17) is 0 Å². The number of pyridine rings is 1. The van der Waals surface area contributed by atoms with E-state index in [9.17, 15) is 18.5 Å². The molecule has 0 amide bonds. The van der Waals surface area contributed by atoms with Gasteiger partial charge in [0.15, 0.2) is 6.20 Å². The molecule has 1 aromatic rings. The molecule has 16 heavy (non-hydrogen) atoms. The zero-order chi connectivity index (χ0) is 12.2. The average molecular weight is 357 g/mol. The minimum Gasteiger partial charge on any atom is -0.358 e. The van der Waals surface area contributed by atoms with E-state index in [2.05, 4.69) is 9.71 Å². The van der Waals surface area contributed by atoms with Crippen LogP contribution in [0.4, 0.5) is 5.82 Å². The molecule has 1 aromatic heterocycles. The topological polar surface area (TPSA) is 102 Å². The van der Waals surface area contributed by atoms with Gasteiger partial charge >= 0.3 is 5.82 Å². The van der Waals surface area contributed by atoms with Gasteiger partial charge in [0, 0.05) is 17.0 Å². The van der Waals surface area contributed by atoms with Crippen molar-refractivity contribution < 1.29 is 13.3 Å². The fourth-order valence-corrected chi connectivity index (χ4v) is 2.51. The molecule has 0 unspecified atom stereocenters. The van der Waals surface area contributed by atoms with E-state index in [1.165, 1.54) is 0 Å². The Morgan fingerprint density at radius 2 is 2.19 bits per heavy atom. The first-order chi connectivity index (χ1) is 7.47. The van der Waals surface area contributed by atoms with Crippen molar-refractivity contribution in [3.05, 3.63) is 28.4 Å². The molecular formula is C7H8IN3O4S. The van der Waals surface area contributed by atoms with Gasteiger partial charge in [-0.05, 0) is 16.0 Å². The maximum Gasteiger partial charge on any atom is 0.363 e. The molecule has 0 bridgehead atoms. The summed E-state index contributed by atoms with van der Waals surface area (Å²) in [6.07, 6.45) is 0.966. The van der Waals surface area contributed by atoms with Crippen LogP contribution in [-0.2, 0) is 10.0 Å². The minimum absolute atomic E-state index is 0.0806. The Balaban J connectivity index is 2.93. The van der Waals surface area contributed by atoms with Crippen molar-refractivity contribution in [2.75, 3.05) is 11.0 Å². The molecule has 0 aliphatic rings. The summed E-state index contributed by atoms with van der Waals surface area (Å²) >= 11 is 2.03. The molecule has 1 heterocycles. The summed E-state index contributed by atoms with van der Waals surface area (Å²) < 4.78 is 26.1. The Morgan fingerprint density at radius 3 is 2.62 bits per heavy atom. The maximum atomic E-state index is 11.5. The first kappa shape index (κ1) is 13.3. The van der Waals surface area contributed by atoms with E-state index in [1.807, 2.05) is 22.6 Å². The third kappa shape index (κ3) is 3.35. The molecular weight excluding hydrogens is 349 g/mol. The van der Waals surface area contributed by atoms with Crippen LogP contribution in [0.5, 0.6) is 0 Å². The van der Waals surface area contributed by atoms with Gasteiger partial charge in [0.1, 0.15) is 4.90 Å². The number of hydrogen-bond donors (Lipinski definition) is 1. The van der Waals surface area contributed by atoms with Gasteiger partial charge in [-0.1, -0.05) is 22.6 Å². The van der Waals surface area contributed by atoms with E-state index in [0.29, 0.717) is 11.0 Å². The molecule has 88 valence electrons. The SMILES string of the molecule is O=[N+]([O-])c1ccc(S(=O)(=O)NCCI)cn1.